The van der Waals surface area contributed by atoms with Crippen LogP contribution < -0.4 is 0 Å². The van der Waals surface area contributed by atoms with Gasteiger partial charge in [0, 0.05) is 22.7 Å². The molecule has 4 heteroatoms. The first-order chi connectivity index (χ1) is 5.74. The van der Waals surface area contributed by atoms with E-state index in [9.17, 15) is 5.11 Å². The fraction of sp³-hybridized carbons (Fsp3) is 0.125. The molecule has 0 aliphatic rings. The van der Waals surface area contributed by atoms with Gasteiger partial charge in [0.05, 0.1) is 0 Å². The lowest BCUT2D eigenvalue weighted by molar-refractivity contribution is 0.320. The quantitative estimate of drug-likeness (QED) is 0.464. The Morgan fingerprint density at radius 2 is 2.25 bits per heavy atom. The van der Waals surface area contributed by atoms with E-state index in [0.717, 1.165) is 10.0 Å². The van der Waals surface area contributed by atoms with E-state index in [1.807, 2.05) is 0 Å². The fourth-order valence-corrected chi connectivity index (χ4v) is 1.27. The highest BCUT2D eigenvalue weighted by atomic mass is 79.9. The topological polar surface area (TPSA) is 52.8 Å². The van der Waals surface area contributed by atoms with Gasteiger partial charge >= 0.3 is 0 Å². The van der Waals surface area contributed by atoms with Crippen molar-refractivity contribution in [3.05, 3.63) is 28.2 Å². The Balaban J connectivity index is 2.89. The van der Waals surface area contributed by atoms with Crippen LogP contribution in [-0.4, -0.2) is 16.5 Å². The number of nitrogens with zero attached hydrogens (tertiary/aromatic N) is 1. The molecule has 0 saturated heterocycles. The summed E-state index contributed by atoms with van der Waals surface area (Å²) in [5.41, 5.74) is 0.724. The summed E-state index contributed by atoms with van der Waals surface area (Å²) in [6.07, 6.45) is 1.74. The van der Waals surface area contributed by atoms with Gasteiger partial charge in [-0.3, -0.25) is 0 Å². The fourth-order valence-electron chi connectivity index (χ4n) is 0.857. The van der Waals surface area contributed by atoms with E-state index in [2.05, 4.69) is 21.1 Å². The van der Waals surface area contributed by atoms with Crippen LogP contribution in [0.5, 0.6) is 5.75 Å². The van der Waals surface area contributed by atoms with Crippen molar-refractivity contribution >= 4 is 22.1 Å². The number of rotatable bonds is 2. The Kier molecular flexibility index (Phi) is 3.10. The smallest absolute Gasteiger partial charge is 0.119 e. The molecule has 0 aromatic heterocycles. The van der Waals surface area contributed by atoms with E-state index in [4.69, 9.17) is 5.21 Å². The minimum atomic E-state index is 0.207. The van der Waals surface area contributed by atoms with Gasteiger partial charge < -0.3 is 10.3 Å². The third-order valence-electron chi connectivity index (χ3n) is 1.43. The normalized spacial score (nSPS) is 10.8. The third kappa shape index (κ3) is 2.23. The van der Waals surface area contributed by atoms with E-state index in [1.165, 1.54) is 6.21 Å². The highest BCUT2D eigenvalue weighted by Gasteiger charge is 1.99. The van der Waals surface area contributed by atoms with Crippen molar-refractivity contribution in [2.75, 3.05) is 0 Å². The molecule has 1 rings (SSSR count). The van der Waals surface area contributed by atoms with Crippen molar-refractivity contribution in [3.63, 3.8) is 0 Å². The third-order valence-corrected chi connectivity index (χ3v) is 1.93. The minimum absolute atomic E-state index is 0.207. The molecule has 0 saturated carbocycles. The SMILES string of the molecule is ON=CCc1cc(Br)ccc1O. The summed E-state index contributed by atoms with van der Waals surface area (Å²) in [7, 11) is 0. The largest absolute Gasteiger partial charge is 0.508 e. The molecule has 0 amide bonds. The Morgan fingerprint density at radius 3 is 2.92 bits per heavy atom. The summed E-state index contributed by atoms with van der Waals surface area (Å²) in [6, 6.07) is 5.11. The van der Waals surface area contributed by atoms with Crippen LogP contribution in [0.25, 0.3) is 0 Å². The average Bonchev–Trinajstić information content (AvgIpc) is 2.07. The van der Waals surface area contributed by atoms with Crippen LogP contribution in [0.3, 0.4) is 0 Å². The lowest BCUT2D eigenvalue weighted by Crippen LogP contribution is -1.86. The van der Waals surface area contributed by atoms with E-state index in [1.54, 1.807) is 18.2 Å². The number of phenolic OH excluding ortho intramolecular Hbond substituents is 1. The van der Waals surface area contributed by atoms with Gasteiger partial charge in [-0.15, -0.1) is 5.16 Å². The Bertz CT molecular complexity index is 299. The summed E-state index contributed by atoms with van der Waals surface area (Å²) in [6.45, 7) is 0. The monoisotopic (exact) mass is 229 g/mol. The van der Waals surface area contributed by atoms with E-state index in [0.29, 0.717) is 6.42 Å². The molecule has 0 aliphatic carbocycles. The molecule has 3 nitrogen and oxygen atoms in total. The Hall–Kier alpha value is -1.03. The van der Waals surface area contributed by atoms with Crippen molar-refractivity contribution in [1.29, 1.82) is 0 Å². The zero-order valence-electron chi connectivity index (χ0n) is 6.24. The summed E-state index contributed by atoms with van der Waals surface area (Å²) < 4.78 is 0.890. The van der Waals surface area contributed by atoms with Crippen molar-refractivity contribution in [1.82, 2.24) is 0 Å². The summed E-state index contributed by atoms with van der Waals surface area (Å²) in [4.78, 5) is 0. The zero-order valence-corrected chi connectivity index (χ0v) is 7.82. The number of oxime groups is 1. The molecular formula is C8H8BrNO2. The predicted octanol–water partition coefficient (Wildman–Crippen LogP) is 2.16. The number of hydrogen-bond donors (Lipinski definition) is 2. The van der Waals surface area contributed by atoms with Crippen LogP contribution in [-0.2, 0) is 6.42 Å². The van der Waals surface area contributed by atoms with Gasteiger partial charge in [-0.25, -0.2) is 0 Å². The van der Waals surface area contributed by atoms with Crippen LogP contribution in [0.1, 0.15) is 5.56 Å². The molecule has 2 N–H and O–H groups in total. The minimum Gasteiger partial charge on any atom is -0.508 e. The van der Waals surface area contributed by atoms with Crippen LogP contribution in [0, 0.1) is 0 Å². The average molecular weight is 230 g/mol. The van der Waals surface area contributed by atoms with Crippen molar-refractivity contribution in [2.45, 2.75) is 6.42 Å². The molecule has 0 radical (unpaired) electrons. The molecule has 0 heterocycles. The number of aromatic hydroxyl groups is 1. The molecular weight excluding hydrogens is 222 g/mol. The molecule has 12 heavy (non-hydrogen) atoms. The zero-order chi connectivity index (χ0) is 8.97. The maximum absolute atomic E-state index is 9.30. The van der Waals surface area contributed by atoms with Gasteiger partial charge in [0.25, 0.3) is 0 Å². The Morgan fingerprint density at radius 1 is 1.50 bits per heavy atom. The van der Waals surface area contributed by atoms with Crippen molar-refractivity contribution < 1.29 is 10.3 Å². The van der Waals surface area contributed by atoms with Gasteiger partial charge in [0.2, 0.25) is 0 Å². The molecule has 0 unspecified atom stereocenters. The van der Waals surface area contributed by atoms with Crippen LogP contribution >= 0.6 is 15.9 Å². The second-order valence-corrected chi connectivity index (χ2v) is 3.19. The van der Waals surface area contributed by atoms with E-state index in [-0.39, 0.29) is 5.75 Å². The van der Waals surface area contributed by atoms with Gasteiger partial charge in [0.1, 0.15) is 5.75 Å². The molecule has 1 aromatic rings. The summed E-state index contributed by atoms with van der Waals surface area (Å²) >= 11 is 3.27. The van der Waals surface area contributed by atoms with Crippen LogP contribution in [0.15, 0.2) is 27.8 Å². The molecule has 0 aliphatic heterocycles. The molecule has 0 atom stereocenters. The molecule has 0 spiro atoms. The number of phenols is 1. The maximum atomic E-state index is 9.30. The lowest BCUT2D eigenvalue weighted by atomic mass is 10.1. The van der Waals surface area contributed by atoms with Gasteiger partial charge in [-0.1, -0.05) is 15.9 Å². The maximum Gasteiger partial charge on any atom is 0.119 e. The summed E-state index contributed by atoms with van der Waals surface area (Å²) in [5, 5.41) is 20.3. The molecule has 0 fully saturated rings. The lowest BCUT2D eigenvalue weighted by Gasteiger charge is -2.00. The van der Waals surface area contributed by atoms with Gasteiger partial charge in [-0.2, -0.15) is 0 Å². The van der Waals surface area contributed by atoms with Crippen molar-refractivity contribution in [3.8, 4) is 5.75 Å². The number of benzene rings is 1. The predicted molar refractivity (Wildman–Crippen MR) is 49.8 cm³/mol. The van der Waals surface area contributed by atoms with Gasteiger partial charge in [-0.05, 0) is 18.2 Å². The van der Waals surface area contributed by atoms with Crippen LogP contribution in [0.4, 0.5) is 0 Å². The van der Waals surface area contributed by atoms with Crippen molar-refractivity contribution in [2.24, 2.45) is 5.16 Å². The molecule has 0 bridgehead atoms. The first kappa shape index (κ1) is 9.06. The number of halogens is 1. The van der Waals surface area contributed by atoms with E-state index < -0.39 is 0 Å². The first-order valence-corrected chi connectivity index (χ1v) is 4.16. The molecule has 1 aromatic carbocycles. The van der Waals surface area contributed by atoms with E-state index >= 15 is 0 Å². The standard InChI is InChI=1S/C8H8BrNO2/c9-7-1-2-8(11)6(5-7)3-4-10-12/h1-2,4-5,11-12H,3H2. The highest BCUT2D eigenvalue weighted by molar-refractivity contribution is 9.10. The first-order valence-electron chi connectivity index (χ1n) is 3.37. The Labute approximate surface area is 78.5 Å². The second-order valence-electron chi connectivity index (χ2n) is 2.28. The highest BCUT2D eigenvalue weighted by Crippen LogP contribution is 2.21. The number of hydrogen-bond acceptors (Lipinski definition) is 3. The molecule has 64 valence electrons. The van der Waals surface area contributed by atoms with Crippen LogP contribution in [0.2, 0.25) is 0 Å². The summed E-state index contributed by atoms with van der Waals surface area (Å²) in [5.74, 6) is 0.207. The van der Waals surface area contributed by atoms with Gasteiger partial charge in [0.15, 0.2) is 0 Å². The second kappa shape index (κ2) is 4.11.